The summed E-state index contributed by atoms with van der Waals surface area (Å²) >= 11 is 0. The molecule has 0 amide bonds. The smallest absolute Gasteiger partial charge is 0.374 e. The summed E-state index contributed by atoms with van der Waals surface area (Å²) < 4.78 is 65.5. The molecule has 0 fully saturated rings. The molecular formula is C44H104N4O10Si4. The van der Waals surface area contributed by atoms with Crippen LogP contribution in [0.4, 0.5) is 0 Å². The molecular weight excluding hydrogens is 857 g/mol. The predicted octanol–water partition coefficient (Wildman–Crippen LogP) is 8.98. The van der Waals surface area contributed by atoms with Gasteiger partial charge in [-0.3, -0.25) is 0 Å². The third-order valence-corrected chi connectivity index (χ3v) is 23.2. The first-order chi connectivity index (χ1) is 29.6. The highest BCUT2D eigenvalue weighted by molar-refractivity contribution is 6.75. The molecule has 376 valence electrons. The molecule has 0 N–H and O–H groups in total. The Balaban J connectivity index is 0. The summed E-state index contributed by atoms with van der Waals surface area (Å²) in [4.78, 5) is 8.78. The molecule has 0 saturated heterocycles. The second kappa shape index (κ2) is 40.4. The molecule has 0 heterocycles. The minimum Gasteiger partial charge on any atom is -0.374 e. The number of rotatable bonds is 44. The van der Waals surface area contributed by atoms with Crippen molar-refractivity contribution in [3.63, 3.8) is 0 Å². The van der Waals surface area contributed by atoms with Crippen molar-refractivity contribution in [3.8, 4) is 0 Å². The molecule has 0 aromatic heterocycles. The summed E-state index contributed by atoms with van der Waals surface area (Å²) in [6.45, 7) is 26.0. The Bertz CT molecular complexity index is 805. The molecule has 0 spiro atoms. The van der Waals surface area contributed by atoms with Crippen LogP contribution < -0.4 is 0 Å². The van der Waals surface area contributed by atoms with Crippen LogP contribution >= 0.6 is 0 Å². The van der Waals surface area contributed by atoms with Crippen molar-refractivity contribution >= 4 is 35.2 Å². The average molecular weight is 962 g/mol. The van der Waals surface area contributed by atoms with Gasteiger partial charge in [-0.15, -0.1) is 0 Å². The molecule has 0 bridgehead atoms. The van der Waals surface area contributed by atoms with E-state index in [0.29, 0.717) is 52.9 Å². The molecule has 18 heteroatoms. The van der Waals surface area contributed by atoms with Crippen LogP contribution in [0.3, 0.4) is 0 Å². The highest BCUT2D eigenvalue weighted by Gasteiger charge is 2.54. The molecule has 0 aliphatic carbocycles. The maximum absolute atomic E-state index is 6.95. The van der Waals surface area contributed by atoms with Crippen LogP contribution in [0.25, 0.3) is 0 Å². The largest absolute Gasteiger partial charge is 0.493 e. The maximum atomic E-state index is 6.95. The first-order valence-electron chi connectivity index (χ1n) is 24.7. The van der Waals surface area contributed by atoms with E-state index in [2.05, 4.69) is 131 Å². The Kier molecular flexibility index (Phi) is 41.9. The van der Waals surface area contributed by atoms with Crippen molar-refractivity contribution in [3.05, 3.63) is 0 Å². The minimum atomic E-state index is -2.95. The zero-order valence-electron chi connectivity index (χ0n) is 43.7. The fourth-order valence-corrected chi connectivity index (χ4v) is 21.4. The minimum absolute atomic E-state index is 0.641. The summed E-state index contributed by atoms with van der Waals surface area (Å²) in [5, 5.41) is 0. The molecule has 0 aromatic rings. The summed E-state index contributed by atoms with van der Waals surface area (Å²) in [7, 11) is 4.99. The molecule has 0 atom stereocenters. The van der Waals surface area contributed by atoms with Crippen LogP contribution in [0.2, 0.25) is 24.2 Å². The summed E-state index contributed by atoms with van der Waals surface area (Å²) in [5.41, 5.74) is 0. The van der Waals surface area contributed by atoms with E-state index in [1.807, 2.05) is 0 Å². The number of hydrogen-bond donors (Lipinski definition) is 0. The van der Waals surface area contributed by atoms with Crippen LogP contribution in [-0.4, -0.2) is 190 Å². The molecule has 0 rings (SSSR count). The van der Waals surface area contributed by atoms with Gasteiger partial charge in [-0.05, 0) is 160 Å². The van der Waals surface area contributed by atoms with E-state index in [-0.39, 0.29) is 0 Å². The highest BCUT2D eigenvalue weighted by Crippen LogP contribution is 2.31. The standard InChI is InChI=1S/2C22H52N2O5Si2/c2*1-9-17-25-30(26-18-10-2,21-13-15-23(5)6)29-31(27-19-11-3,28-20-12-4)22-14-16-24(7)8/h2*9-22H2,1-8H3. The molecule has 0 saturated carbocycles. The van der Waals surface area contributed by atoms with Gasteiger partial charge in [0, 0.05) is 77.0 Å². The second-order valence-corrected chi connectivity index (χ2v) is 28.8. The van der Waals surface area contributed by atoms with Gasteiger partial charge in [-0.1, -0.05) is 55.4 Å². The number of hydrogen-bond acceptors (Lipinski definition) is 14. The fourth-order valence-electron chi connectivity index (χ4n) is 6.17. The number of nitrogens with zero attached hydrogens (tertiary/aromatic N) is 4. The average Bonchev–Trinajstić information content (AvgIpc) is 3.22. The summed E-state index contributed by atoms with van der Waals surface area (Å²) in [6, 6.07) is 3.16. The van der Waals surface area contributed by atoms with Gasteiger partial charge in [0.05, 0.1) is 0 Å². The summed E-state index contributed by atoms with van der Waals surface area (Å²) in [5.74, 6) is 0. The van der Waals surface area contributed by atoms with E-state index in [9.17, 15) is 0 Å². The Morgan fingerprint density at radius 2 is 0.403 bits per heavy atom. The zero-order chi connectivity index (χ0) is 47.2. The lowest BCUT2D eigenvalue weighted by atomic mass is 10.5. The maximum Gasteiger partial charge on any atom is 0.493 e. The lowest BCUT2D eigenvalue weighted by Crippen LogP contribution is -2.59. The molecule has 0 aliphatic rings. The molecule has 0 unspecified atom stereocenters. The van der Waals surface area contributed by atoms with Crippen molar-refractivity contribution < 1.29 is 43.6 Å². The fraction of sp³-hybridized carbons (Fsp3) is 1.00. The Labute approximate surface area is 389 Å². The SMILES string of the molecule is CCCO[Si](CCCN(C)C)(OCCC)O[Si](CCCN(C)C)(OCCC)OCCC.CCCO[Si](CCCN(C)C)(OCCC)O[Si](CCCN(C)C)(OCCC)OCCC. The van der Waals surface area contributed by atoms with Crippen molar-refractivity contribution in [1.29, 1.82) is 0 Å². The van der Waals surface area contributed by atoms with E-state index >= 15 is 0 Å². The van der Waals surface area contributed by atoms with E-state index in [0.717, 1.165) is 127 Å². The molecule has 0 aromatic carbocycles. The Hall–Kier alpha value is 0.308. The van der Waals surface area contributed by atoms with Crippen molar-refractivity contribution in [2.75, 3.05) is 135 Å². The van der Waals surface area contributed by atoms with Gasteiger partial charge < -0.3 is 63.2 Å². The third-order valence-electron chi connectivity index (χ3n) is 9.18. The topological polar surface area (TPSA) is 105 Å². The quantitative estimate of drug-likeness (QED) is 0.0543. The van der Waals surface area contributed by atoms with Crippen LogP contribution in [-0.2, 0) is 43.6 Å². The molecule has 0 radical (unpaired) electrons. The van der Waals surface area contributed by atoms with Gasteiger partial charge >= 0.3 is 35.2 Å². The second-order valence-electron chi connectivity index (χ2n) is 17.4. The van der Waals surface area contributed by atoms with E-state index in [1.54, 1.807) is 0 Å². The van der Waals surface area contributed by atoms with Crippen LogP contribution in [0.15, 0.2) is 0 Å². The van der Waals surface area contributed by atoms with Crippen molar-refractivity contribution in [2.45, 2.75) is 157 Å². The first-order valence-corrected chi connectivity index (χ1v) is 32.4. The van der Waals surface area contributed by atoms with Gasteiger partial charge in [0.15, 0.2) is 0 Å². The lowest BCUT2D eigenvalue weighted by Gasteiger charge is -2.39. The highest BCUT2D eigenvalue weighted by atomic mass is 28.5. The molecule has 0 aliphatic heterocycles. The van der Waals surface area contributed by atoms with E-state index in [4.69, 9.17) is 43.6 Å². The zero-order valence-corrected chi connectivity index (χ0v) is 47.7. The molecule has 62 heavy (non-hydrogen) atoms. The Morgan fingerprint density at radius 1 is 0.258 bits per heavy atom. The van der Waals surface area contributed by atoms with Crippen LogP contribution in [0.5, 0.6) is 0 Å². The third kappa shape index (κ3) is 32.9. The monoisotopic (exact) mass is 961 g/mol. The van der Waals surface area contributed by atoms with Crippen LogP contribution in [0.1, 0.15) is 132 Å². The van der Waals surface area contributed by atoms with Gasteiger partial charge in [0.25, 0.3) is 0 Å². The van der Waals surface area contributed by atoms with Crippen molar-refractivity contribution in [2.24, 2.45) is 0 Å². The van der Waals surface area contributed by atoms with Gasteiger partial charge in [-0.25, -0.2) is 0 Å². The van der Waals surface area contributed by atoms with Crippen LogP contribution in [0, 0.1) is 0 Å². The van der Waals surface area contributed by atoms with Gasteiger partial charge in [-0.2, -0.15) is 0 Å². The Morgan fingerprint density at radius 3 is 0.516 bits per heavy atom. The van der Waals surface area contributed by atoms with E-state index < -0.39 is 35.2 Å². The predicted molar refractivity (Wildman–Crippen MR) is 267 cm³/mol. The lowest BCUT2D eigenvalue weighted by molar-refractivity contribution is 0.0382. The van der Waals surface area contributed by atoms with Gasteiger partial charge in [0.1, 0.15) is 0 Å². The normalized spacial score (nSPS) is 13.0. The molecule has 14 nitrogen and oxygen atoms in total. The summed E-state index contributed by atoms with van der Waals surface area (Å²) in [6.07, 6.45) is 11.3. The first kappa shape index (κ1) is 64.4. The van der Waals surface area contributed by atoms with Crippen molar-refractivity contribution in [1.82, 2.24) is 19.6 Å². The van der Waals surface area contributed by atoms with Gasteiger partial charge in [0.2, 0.25) is 0 Å². The van der Waals surface area contributed by atoms with E-state index in [1.165, 1.54) is 0 Å².